The van der Waals surface area contributed by atoms with E-state index in [1.165, 1.54) is 24.3 Å². The molecule has 0 atom stereocenters. The van der Waals surface area contributed by atoms with Crippen LogP contribution in [0.5, 0.6) is 0 Å². The summed E-state index contributed by atoms with van der Waals surface area (Å²) in [6, 6.07) is 5.48. The number of carbonyl (C=O) groups is 2. The van der Waals surface area contributed by atoms with E-state index >= 15 is 0 Å². The van der Waals surface area contributed by atoms with Gasteiger partial charge in [0.1, 0.15) is 0 Å². The van der Waals surface area contributed by atoms with Gasteiger partial charge in [-0.15, -0.1) is 0 Å². The van der Waals surface area contributed by atoms with Gasteiger partial charge in [0.2, 0.25) is 0 Å². The van der Waals surface area contributed by atoms with E-state index in [-0.39, 0.29) is 11.1 Å². The molecule has 0 bridgehead atoms. The van der Waals surface area contributed by atoms with Crippen molar-refractivity contribution in [3.05, 3.63) is 45.0 Å². The van der Waals surface area contributed by atoms with Crippen molar-refractivity contribution in [2.24, 2.45) is 0 Å². The number of nitrogens with zero attached hydrogens (tertiary/aromatic N) is 1. The lowest BCUT2D eigenvalue weighted by molar-refractivity contribution is -0.436. The third-order valence-corrected chi connectivity index (χ3v) is 5.82. The summed E-state index contributed by atoms with van der Waals surface area (Å²) >= 11 is 0.881. The molecule has 0 unspecified atom stereocenters. The highest BCUT2D eigenvalue weighted by molar-refractivity contribution is 14.1. The maximum Gasteiger partial charge on any atom is 0.460 e. The van der Waals surface area contributed by atoms with Crippen LogP contribution < -0.4 is 0 Å². The van der Waals surface area contributed by atoms with Gasteiger partial charge in [-0.05, 0) is 51.1 Å². The molecule has 1 heterocycles. The van der Waals surface area contributed by atoms with Crippen LogP contribution in [0, 0.1) is 0 Å². The van der Waals surface area contributed by atoms with Gasteiger partial charge in [0.15, 0.2) is 0 Å². The van der Waals surface area contributed by atoms with Crippen molar-refractivity contribution in [1.82, 2.24) is 4.90 Å². The van der Waals surface area contributed by atoms with E-state index in [9.17, 15) is 66.7 Å². The molecule has 0 aliphatic carbocycles. The predicted molar refractivity (Wildman–Crippen MR) is 104 cm³/mol. The molecule has 17 heteroatoms. The minimum atomic E-state index is -7.96. The number of imide groups is 1. The quantitative estimate of drug-likeness (QED) is 0.161. The molecule has 2 amide bonds. The molecule has 0 spiro atoms. The van der Waals surface area contributed by atoms with Crippen molar-refractivity contribution >= 4 is 34.4 Å². The van der Waals surface area contributed by atoms with Gasteiger partial charge in [0.05, 0.1) is 11.1 Å². The van der Waals surface area contributed by atoms with Gasteiger partial charge < -0.3 is 0 Å². The molecule has 1 aliphatic heterocycles. The van der Waals surface area contributed by atoms with E-state index in [4.69, 9.17) is 0 Å². The van der Waals surface area contributed by atoms with Gasteiger partial charge in [0, 0.05) is 12.6 Å². The van der Waals surface area contributed by atoms with Gasteiger partial charge in [-0.1, -0.05) is 12.1 Å². The molecule has 0 radical (unpaired) electrons. The summed E-state index contributed by atoms with van der Waals surface area (Å²) < 4.78 is 170. The Kier molecular flexibility index (Phi) is 7.82. The topological polar surface area (TPSA) is 37.4 Å². The Bertz CT molecular complexity index is 1030. The molecule has 1 aliphatic rings. The number of allylic oxidation sites excluding steroid dienone is 2. The maximum atomic E-state index is 13.9. The van der Waals surface area contributed by atoms with Crippen LogP contribution in [0.1, 0.15) is 33.6 Å². The molecular formula is C19H11F13INO2. The number of hydrogen-bond acceptors (Lipinski definition) is 2. The van der Waals surface area contributed by atoms with E-state index in [2.05, 4.69) is 0 Å². The molecule has 3 nitrogen and oxygen atoms in total. The highest BCUT2D eigenvalue weighted by Gasteiger charge is 2.90. The molecule has 1 aromatic carbocycles. The molecule has 1 aromatic rings. The second-order valence-electron chi connectivity index (χ2n) is 7.42. The Morgan fingerprint density at radius 1 is 0.722 bits per heavy atom. The van der Waals surface area contributed by atoms with Crippen LogP contribution in [-0.2, 0) is 0 Å². The Morgan fingerprint density at radius 3 is 1.56 bits per heavy atom. The normalized spacial score (nSPS) is 16.6. The summed E-state index contributed by atoms with van der Waals surface area (Å²) in [7, 11) is 0. The van der Waals surface area contributed by atoms with Gasteiger partial charge in [0.25, 0.3) is 11.8 Å². The van der Waals surface area contributed by atoms with Crippen LogP contribution in [0.15, 0.2) is 33.9 Å². The molecular weight excluding hydrogens is 648 g/mol. The van der Waals surface area contributed by atoms with E-state index in [1.54, 1.807) is 0 Å². The lowest BCUT2D eigenvalue weighted by Crippen LogP contribution is -2.69. The molecule has 0 saturated heterocycles. The first-order chi connectivity index (χ1) is 16.0. The SMILES string of the molecule is O=C1c2ccccc2C(=O)N1CCCC(I)=CC(F)(F)C(F)(F)C(F)(F)C(F)(F)C(F)(F)C(F)(F)F. The number of rotatable bonds is 9. The minimum absolute atomic E-state index is 0.0118. The number of hydrogen-bond donors (Lipinski definition) is 0. The zero-order valence-corrected chi connectivity index (χ0v) is 19.2. The summed E-state index contributed by atoms with van der Waals surface area (Å²) in [4.78, 5) is 25.0. The van der Waals surface area contributed by atoms with E-state index in [0.29, 0.717) is 4.90 Å². The monoisotopic (exact) mass is 659 g/mol. The minimum Gasteiger partial charge on any atom is -0.274 e. The van der Waals surface area contributed by atoms with Crippen molar-refractivity contribution in [2.45, 2.75) is 48.6 Å². The van der Waals surface area contributed by atoms with Gasteiger partial charge in [-0.25, -0.2) is 0 Å². The summed E-state index contributed by atoms with van der Waals surface area (Å²) in [6.07, 6.45) is -9.60. The molecule has 36 heavy (non-hydrogen) atoms. The number of fused-ring (bicyclic) bond motifs is 1. The fourth-order valence-corrected chi connectivity index (χ4v) is 3.76. The van der Waals surface area contributed by atoms with Crippen LogP contribution in [0.2, 0.25) is 0 Å². The largest absolute Gasteiger partial charge is 0.460 e. The molecule has 2 rings (SSSR count). The first kappa shape index (κ1) is 30.1. The zero-order chi connectivity index (χ0) is 28.1. The zero-order valence-electron chi connectivity index (χ0n) is 17.1. The van der Waals surface area contributed by atoms with E-state index < -0.39 is 76.6 Å². The number of carbonyl (C=O) groups excluding carboxylic acids is 2. The first-order valence-corrected chi connectivity index (χ1v) is 10.4. The Labute approximate surface area is 206 Å². The highest BCUT2D eigenvalue weighted by Crippen LogP contribution is 2.60. The summed E-state index contributed by atoms with van der Waals surface area (Å²) in [5.74, 6) is -38.9. The fourth-order valence-electron chi connectivity index (χ4n) is 2.99. The molecule has 202 valence electrons. The first-order valence-electron chi connectivity index (χ1n) is 9.33. The van der Waals surface area contributed by atoms with Crippen molar-refractivity contribution < 1.29 is 66.7 Å². The van der Waals surface area contributed by atoms with Gasteiger partial charge >= 0.3 is 35.8 Å². The average Bonchev–Trinajstić information content (AvgIpc) is 2.97. The van der Waals surface area contributed by atoms with E-state index in [0.717, 1.165) is 22.6 Å². The Balaban J connectivity index is 2.19. The summed E-state index contributed by atoms with van der Waals surface area (Å²) in [5.41, 5.74) is 0.0236. The third-order valence-electron chi connectivity index (χ3n) is 4.97. The number of amides is 2. The van der Waals surface area contributed by atoms with Crippen LogP contribution in [0.25, 0.3) is 0 Å². The molecule has 0 aromatic heterocycles. The van der Waals surface area contributed by atoms with Crippen molar-refractivity contribution in [1.29, 1.82) is 0 Å². The van der Waals surface area contributed by atoms with E-state index in [1.807, 2.05) is 0 Å². The van der Waals surface area contributed by atoms with Crippen LogP contribution in [0.4, 0.5) is 57.1 Å². The summed E-state index contributed by atoms with van der Waals surface area (Å²) in [6.45, 7) is -0.472. The second kappa shape index (κ2) is 9.34. The molecule has 0 saturated carbocycles. The molecule has 0 N–H and O–H groups in total. The number of alkyl halides is 13. The lowest BCUT2D eigenvalue weighted by atomic mass is 9.93. The predicted octanol–water partition coefficient (Wildman–Crippen LogP) is 7.12. The summed E-state index contributed by atoms with van der Waals surface area (Å²) in [5, 5.41) is 0. The smallest absolute Gasteiger partial charge is 0.274 e. The van der Waals surface area contributed by atoms with Crippen LogP contribution in [-0.4, -0.2) is 59.0 Å². The maximum absolute atomic E-state index is 13.9. The third kappa shape index (κ3) is 4.66. The Morgan fingerprint density at radius 2 is 1.14 bits per heavy atom. The van der Waals surface area contributed by atoms with Gasteiger partial charge in [-0.2, -0.15) is 57.1 Å². The van der Waals surface area contributed by atoms with Crippen molar-refractivity contribution in [3.8, 4) is 0 Å². The van der Waals surface area contributed by atoms with Crippen LogP contribution in [0.3, 0.4) is 0 Å². The number of halogens is 14. The Hall–Kier alpha value is -2.08. The van der Waals surface area contributed by atoms with Crippen molar-refractivity contribution in [3.63, 3.8) is 0 Å². The standard InChI is InChI=1S/C19H11F13INO2/c20-14(21,15(22,23)16(24,25)17(26,27)18(28,29)19(30,31)32)8-9(33)4-3-7-34-12(35)10-5-1-2-6-11(10)13(34)36/h1-2,5-6,8H,3-4,7H2. The average molecular weight is 659 g/mol. The van der Waals surface area contributed by atoms with Crippen molar-refractivity contribution in [2.75, 3.05) is 6.54 Å². The highest BCUT2D eigenvalue weighted by atomic mass is 127. The fraction of sp³-hybridized carbons (Fsp3) is 0.474. The van der Waals surface area contributed by atoms with Crippen LogP contribution >= 0.6 is 22.6 Å². The van der Waals surface area contributed by atoms with Gasteiger partial charge in [-0.3, -0.25) is 14.5 Å². The molecule has 0 fully saturated rings. The lowest BCUT2D eigenvalue weighted by Gasteiger charge is -2.39. The second-order valence-corrected chi connectivity index (χ2v) is 8.81. The number of benzene rings is 1.